The van der Waals surface area contributed by atoms with E-state index in [9.17, 15) is 0 Å². The maximum Gasteiger partial charge on any atom is 0.0218 e. The van der Waals surface area contributed by atoms with Crippen LogP contribution >= 0.6 is 0 Å². The molecule has 0 aromatic rings. The Morgan fingerprint density at radius 1 is 1.18 bits per heavy atom. The number of likely N-dealkylation sites (N-methyl/N-ethyl adjacent to an activating group) is 1. The Kier molecular flexibility index (Phi) is 7.87. The standard InChI is InChI=1S/C15H32N2/c1-3-4-8-11-17(2)15(13-16)12-14-9-6-5-7-10-14/h14-15H,3-13,16H2,1-2H3. The van der Waals surface area contributed by atoms with Gasteiger partial charge in [-0.25, -0.2) is 0 Å². The monoisotopic (exact) mass is 240 g/mol. The fraction of sp³-hybridized carbons (Fsp3) is 1.00. The molecular weight excluding hydrogens is 208 g/mol. The number of hydrogen-bond acceptors (Lipinski definition) is 2. The largest absolute Gasteiger partial charge is 0.329 e. The van der Waals surface area contributed by atoms with Gasteiger partial charge in [0.25, 0.3) is 0 Å². The Labute approximate surface area is 108 Å². The molecular formula is C15H32N2. The molecule has 0 amide bonds. The summed E-state index contributed by atoms with van der Waals surface area (Å²) in [5, 5.41) is 0. The highest BCUT2D eigenvalue weighted by atomic mass is 15.1. The molecule has 2 N–H and O–H groups in total. The van der Waals surface area contributed by atoms with Gasteiger partial charge in [0.2, 0.25) is 0 Å². The Morgan fingerprint density at radius 2 is 1.88 bits per heavy atom. The predicted octanol–water partition coefficient (Wildman–Crippen LogP) is 3.41. The molecule has 1 aliphatic carbocycles. The molecule has 102 valence electrons. The molecule has 1 saturated carbocycles. The van der Waals surface area contributed by atoms with E-state index in [0.29, 0.717) is 6.04 Å². The van der Waals surface area contributed by atoms with Crippen LogP contribution in [0, 0.1) is 5.92 Å². The van der Waals surface area contributed by atoms with Gasteiger partial charge < -0.3 is 10.6 Å². The minimum atomic E-state index is 0.620. The van der Waals surface area contributed by atoms with Crippen LogP contribution in [0.4, 0.5) is 0 Å². The first-order chi connectivity index (χ1) is 8.27. The molecule has 0 aromatic heterocycles. The molecule has 0 heterocycles. The van der Waals surface area contributed by atoms with Gasteiger partial charge in [-0.15, -0.1) is 0 Å². The second-order valence-corrected chi connectivity index (χ2v) is 5.82. The molecule has 0 radical (unpaired) electrons. The second-order valence-electron chi connectivity index (χ2n) is 5.82. The van der Waals surface area contributed by atoms with Crippen LogP contribution in [0.1, 0.15) is 64.7 Å². The smallest absolute Gasteiger partial charge is 0.0218 e. The van der Waals surface area contributed by atoms with E-state index < -0.39 is 0 Å². The van der Waals surface area contributed by atoms with Crippen molar-refractivity contribution in [3.8, 4) is 0 Å². The molecule has 2 heteroatoms. The van der Waals surface area contributed by atoms with Gasteiger partial charge in [-0.1, -0.05) is 51.9 Å². The van der Waals surface area contributed by atoms with Crippen molar-refractivity contribution in [2.24, 2.45) is 11.7 Å². The summed E-state index contributed by atoms with van der Waals surface area (Å²) in [6.07, 6.45) is 12.6. The topological polar surface area (TPSA) is 29.3 Å². The van der Waals surface area contributed by atoms with Crippen molar-refractivity contribution in [3.05, 3.63) is 0 Å². The molecule has 1 rings (SSSR count). The van der Waals surface area contributed by atoms with Crippen molar-refractivity contribution in [3.63, 3.8) is 0 Å². The first-order valence-corrected chi connectivity index (χ1v) is 7.68. The maximum atomic E-state index is 5.95. The number of nitrogens with zero attached hydrogens (tertiary/aromatic N) is 1. The maximum absolute atomic E-state index is 5.95. The van der Waals surface area contributed by atoms with E-state index in [1.807, 2.05) is 0 Å². The molecule has 17 heavy (non-hydrogen) atoms. The van der Waals surface area contributed by atoms with Crippen LogP contribution in [0.2, 0.25) is 0 Å². The number of nitrogens with two attached hydrogens (primary N) is 1. The summed E-state index contributed by atoms with van der Waals surface area (Å²) in [7, 11) is 2.26. The molecule has 2 nitrogen and oxygen atoms in total. The van der Waals surface area contributed by atoms with Gasteiger partial charge in [0.05, 0.1) is 0 Å². The van der Waals surface area contributed by atoms with E-state index in [0.717, 1.165) is 12.5 Å². The van der Waals surface area contributed by atoms with Crippen LogP contribution < -0.4 is 5.73 Å². The summed E-state index contributed by atoms with van der Waals surface area (Å²) in [4.78, 5) is 2.50. The lowest BCUT2D eigenvalue weighted by Crippen LogP contribution is -2.40. The molecule has 1 unspecified atom stereocenters. The lowest BCUT2D eigenvalue weighted by atomic mass is 9.84. The summed E-state index contributed by atoms with van der Waals surface area (Å²) in [6, 6.07) is 0.620. The van der Waals surface area contributed by atoms with Crippen molar-refractivity contribution in [1.82, 2.24) is 4.90 Å². The summed E-state index contributed by atoms with van der Waals surface area (Å²) in [6.45, 7) is 4.32. The highest BCUT2D eigenvalue weighted by molar-refractivity contribution is 4.76. The summed E-state index contributed by atoms with van der Waals surface area (Å²) >= 11 is 0. The lowest BCUT2D eigenvalue weighted by Gasteiger charge is -2.32. The Hall–Kier alpha value is -0.0800. The van der Waals surface area contributed by atoms with Gasteiger partial charge in [0, 0.05) is 12.6 Å². The van der Waals surface area contributed by atoms with Crippen LogP contribution in [-0.4, -0.2) is 31.1 Å². The average Bonchev–Trinajstić information content (AvgIpc) is 2.37. The SMILES string of the molecule is CCCCCN(C)C(CN)CC1CCCCC1. The lowest BCUT2D eigenvalue weighted by molar-refractivity contribution is 0.188. The first kappa shape index (κ1) is 15.0. The van der Waals surface area contributed by atoms with Crippen molar-refractivity contribution in [2.45, 2.75) is 70.8 Å². The van der Waals surface area contributed by atoms with Crippen LogP contribution in [-0.2, 0) is 0 Å². The van der Waals surface area contributed by atoms with Gasteiger partial charge in [0.1, 0.15) is 0 Å². The summed E-state index contributed by atoms with van der Waals surface area (Å²) in [5.41, 5.74) is 5.95. The molecule has 0 aliphatic heterocycles. The van der Waals surface area contributed by atoms with E-state index >= 15 is 0 Å². The highest BCUT2D eigenvalue weighted by Gasteiger charge is 2.20. The van der Waals surface area contributed by atoms with Gasteiger partial charge in [-0.3, -0.25) is 0 Å². The second kappa shape index (κ2) is 8.93. The first-order valence-electron chi connectivity index (χ1n) is 7.68. The van der Waals surface area contributed by atoms with E-state index in [1.54, 1.807) is 0 Å². The van der Waals surface area contributed by atoms with E-state index in [1.165, 1.54) is 64.3 Å². The number of unbranched alkanes of at least 4 members (excludes halogenated alkanes) is 2. The van der Waals surface area contributed by atoms with Crippen LogP contribution in [0.5, 0.6) is 0 Å². The predicted molar refractivity (Wildman–Crippen MR) is 76.2 cm³/mol. The van der Waals surface area contributed by atoms with Gasteiger partial charge in [-0.2, -0.15) is 0 Å². The molecule has 1 aliphatic rings. The fourth-order valence-electron chi connectivity index (χ4n) is 3.06. The van der Waals surface area contributed by atoms with Crippen molar-refractivity contribution < 1.29 is 0 Å². The van der Waals surface area contributed by atoms with Gasteiger partial charge in [0.15, 0.2) is 0 Å². The Balaban J connectivity index is 2.25. The third-order valence-corrected chi connectivity index (χ3v) is 4.34. The third kappa shape index (κ3) is 5.87. The van der Waals surface area contributed by atoms with Crippen molar-refractivity contribution in [2.75, 3.05) is 20.1 Å². The Bertz CT molecular complexity index is 176. The zero-order valence-corrected chi connectivity index (χ0v) is 12.0. The number of hydrogen-bond donors (Lipinski definition) is 1. The molecule has 1 fully saturated rings. The molecule has 0 saturated heterocycles. The number of rotatable bonds is 8. The summed E-state index contributed by atoms with van der Waals surface area (Å²) < 4.78 is 0. The van der Waals surface area contributed by atoms with E-state index in [-0.39, 0.29) is 0 Å². The minimum absolute atomic E-state index is 0.620. The van der Waals surface area contributed by atoms with Crippen LogP contribution in [0.3, 0.4) is 0 Å². The van der Waals surface area contributed by atoms with E-state index in [4.69, 9.17) is 5.73 Å². The van der Waals surface area contributed by atoms with Crippen LogP contribution in [0.15, 0.2) is 0 Å². The zero-order valence-electron chi connectivity index (χ0n) is 12.0. The van der Waals surface area contributed by atoms with Gasteiger partial charge >= 0.3 is 0 Å². The normalized spacial score (nSPS) is 19.8. The minimum Gasteiger partial charge on any atom is -0.329 e. The fourth-order valence-corrected chi connectivity index (χ4v) is 3.06. The molecule has 0 aromatic carbocycles. The van der Waals surface area contributed by atoms with Crippen LogP contribution in [0.25, 0.3) is 0 Å². The van der Waals surface area contributed by atoms with Crippen molar-refractivity contribution >= 4 is 0 Å². The summed E-state index contributed by atoms with van der Waals surface area (Å²) in [5.74, 6) is 0.950. The highest BCUT2D eigenvalue weighted by Crippen LogP contribution is 2.28. The molecule has 1 atom stereocenters. The molecule has 0 spiro atoms. The van der Waals surface area contributed by atoms with Gasteiger partial charge in [-0.05, 0) is 32.4 Å². The average molecular weight is 240 g/mol. The Morgan fingerprint density at radius 3 is 2.47 bits per heavy atom. The third-order valence-electron chi connectivity index (χ3n) is 4.34. The molecule has 0 bridgehead atoms. The van der Waals surface area contributed by atoms with Crippen molar-refractivity contribution in [1.29, 1.82) is 0 Å². The van der Waals surface area contributed by atoms with E-state index in [2.05, 4.69) is 18.9 Å². The quantitative estimate of drug-likeness (QED) is 0.659. The zero-order chi connectivity index (χ0) is 12.5.